The van der Waals surface area contributed by atoms with Crippen molar-refractivity contribution in [3.8, 4) is 0 Å². The monoisotopic (exact) mass is 1330 g/mol. The number of carbonyl (C=O) groups is 11. The highest BCUT2D eigenvalue weighted by molar-refractivity contribution is 6.03. The SMILES string of the molecule is CC[C@H](C)C([C@@H](CC(=O)N1CCC[C@H]1[C@H](OC)[C@@H](C)C(=O)N[C@H](C)[C@@H](O)c1ccccc1)OC)N(C)C(=O)[C@@H](CC(=O)[C@H](C(C)C)N(C)C(=O)OCc1ccc(NC(=O)[C@H](CCCNC(N)=O)CC(=O)[C@@H](NC(=O)CCCCCN2C(=O)CC(C)C2=O)C(C)C)cc1)C(C)C. The summed E-state index contributed by atoms with van der Waals surface area (Å²) in [6.45, 7) is 20.9. The number of primary amides is 1. The van der Waals surface area contributed by atoms with E-state index < -0.39 is 84.3 Å². The number of ketones is 2. The van der Waals surface area contributed by atoms with Crippen LogP contribution >= 0.6 is 0 Å². The Labute approximate surface area is 562 Å². The maximum Gasteiger partial charge on any atom is 0.410 e. The summed E-state index contributed by atoms with van der Waals surface area (Å²) in [5.74, 6) is -6.50. The fourth-order valence-electron chi connectivity index (χ4n) is 13.1. The smallest absolute Gasteiger partial charge is 0.410 e. The molecule has 0 aromatic heterocycles. The van der Waals surface area contributed by atoms with E-state index in [4.69, 9.17) is 19.9 Å². The second-order valence-electron chi connectivity index (χ2n) is 27.2. The van der Waals surface area contributed by atoms with E-state index in [1.807, 2.05) is 59.7 Å². The molecule has 2 fully saturated rings. The van der Waals surface area contributed by atoms with Crippen LogP contribution in [0.1, 0.15) is 177 Å². The lowest BCUT2D eigenvalue weighted by molar-refractivity contribution is -0.149. The van der Waals surface area contributed by atoms with E-state index in [-0.39, 0.29) is 128 Å². The van der Waals surface area contributed by atoms with Crippen LogP contribution in [0, 0.1) is 47.3 Å². The molecule has 0 radical (unpaired) electrons. The molecule has 0 bridgehead atoms. The van der Waals surface area contributed by atoms with Crippen LogP contribution in [0.15, 0.2) is 54.6 Å². The number of aliphatic hydroxyl groups excluding tert-OH is 1. The Balaban J connectivity index is 1.37. The minimum absolute atomic E-state index is 0.0691. The molecule has 24 heteroatoms. The number of anilines is 1. The molecule has 0 spiro atoms. The van der Waals surface area contributed by atoms with Gasteiger partial charge in [0, 0.05) is 97.1 Å². The number of likely N-dealkylation sites (N-methyl/N-ethyl adjacent to an activating group) is 2. The molecule has 24 nitrogen and oxygen atoms in total. The number of unbranched alkanes of at least 4 members (excludes halogenated alkanes) is 2. The van der Waals surface area contributed by atoms with Crippen LogP contribution in [0.3, 0.4) is 0 Å². The van der Waals surface area contributed by atoms with Gasteiger partial charge in [0.2, 0.25) is 41.4 Å². The Morgan fingerprint density at radius 2 is 1.42 bits per heavy atom. The van der Waals surface area contributed by atoms with E-state index in [0.717, 1.165) is 0 Å². The number of aliphatic hydroxyl groups is 1. The van der Waals surface area contributed by atoms with Gasteiger partial charge in [0.25, 0.3) is 0 Å². The van der Waals surface area contributed by atoms with Gasteiger partial charge in [-0.05, 0) is 92.4 Å². The fourth-order valence-corrected chi connectivity index (χ4v) is 13.1. The number of benzene rings is 2. The lowest BCUT2D eigenvalue weighted by atomic mass is 9.83. The fraction of sp³-hybridized carbons (Fsp3) is 0.676. The van der Waals surface area contributed by atoms with Crippen molar-refractivity contribution in [2.45, 2.75) is 215 Å². The molecular weight excluding hydrogens is 1220 g/mol. The normalized spacial score (nSPS) is 18.4. The average Bonchev–Trinajstić information content (AvgIpc) is 1.78. The van der Waals surface area contributed by atoms with E-state index in [2.05, 4.69) is 21.3 Å². The molecule has 4 rings (SSSR count). The number of nitrogens with one attached hydrogen (secondary N) is 4. The zero-order valence-electron chi connectivity index (χ0n) is 59.0. The second kappa shape index (κ2) is 39.0. The van der Waals surface area contributed by atoms with Crippen LogP contribution in [0.25, 0.3) is 0 Å². The number of amides is 10. The molecule has 2 aromatic rings. The molecule has 10 amide bonds. The van der Waals surface area contributed by atoms with Gasteiger partial charge < -0.3 is 61.0 Å². The number of nitrogens with two attached hydrogens (primary N) is 1. The molecule has 2 heterocycles. The van der Waals surface area contributed by atoms with Crippen molar-refractivity contribution in [2.75, 3.05) is 53.3 Å². The summed E-state index contributed by atoms with van der Waals surface area (Å²) in [5.41, 5.74) is 6.89. The van der Waals surface area contributed by atoms with Gasteiger partial charge in [0.05, 0.1) is 60.9 Å². The third kappa shape index (κ3) is 23.5. The largest absolute Gasteiger partial charge is 0.445 e. The molecule has 530 valence electrons. The standard InChI is InChI=1S/C71H111N9O15/c1-16-45(8)63(57(93-14)40-60(85)79-36-24-28-54(79)65(94-15)47(10)66(87)74-48(11)64(86)50-25-19-17-20-26-50)77(12)69(90)53(42(2)3)39-56(82)62(44(6)7)78(13)71(92)95-41-49-30-32-52(33-31-49)75-67(88)51(27-23-34-73-70(72)91)38-55(81)61(43(4)5)76-58(83)29-21-18-22-35-80-59(84)37-46(9)68(80)89/h17,19-20,25-26,30-33,42-48,51,53-54,57,61-65,86H,16,18,21-24,27-29,34-41H2,1-15H3,(H,74,87)(H,75,88)(H,76,83)(H3,72,73,91)/t45-,46?,47+,48+,51+,53-,54-,57+,61-,62-,63?,64+,65+/m0/s1. The Bertz CT molecular complexity index is 2870. The molecule has 0 saturated carbocycles. The molecule has 0 aliphatic carbocycles. The summed E-state index contributed by atoms with van der Waals surface area (Å²) in [4.78, 5) is 154. The van der Waals surface area contributed by atoms with Crippen LogP contribution in [0.5, 0.6) is 0 Å². The molecule has 2 aliphatic heterocycles. The number of methoxy groups -OCH3 is 2. The molecule has 95 heavy (non-hydrogen) atoms. The number of imide groups is 1. The summed E-state index contributed by atoms with van der Waals surface area (Å²) >= 11 is 0. The van der Waals surface area contributed by atoms with Crippen LogP contribution in [0.2, 0.25) is 0 Å². The van der Waals surface area contributed by atoms with E-state index in [9.17, 15) is 57.8 Å². The molecule has 2 saturated heterocycles. The van der Waals surface area contributed by atoms with Gasteiger partial charge in [-0.1, -0.05) is 125 Å². The first-order valence-electron chi connectivity index (χ1n) is 34.1. The maximum absolute atomic E-state index is 14.9. The maximum atomic E-state index is 14.9. The van der Waals surface area contributed by atoms with Gasteiger partial charge in [0.1, 0.15) is 6.61 Å². The minimum atomic E-state index is -0.969. The second-order valence-corrected chi connectivity index (χ2v) is 27.2. The van der Waals surface area contributed by atoms with Crippen LogP contribution in [0.4, 0.5) is 15.3 Å². The summed E-state index contributed by atoms with van der Waals surface area (Å²) in [7, 11) is 6.20. The molecule has 13 atom stereocenters. The third-order valence-corrected chi connectivity index (χ3v) is 19.0. The number of Topliss-reactive ketones (excluding diaryl/α,β-unsaturated/α-hetero) is 2. The molecule has 2 aliphatic rings. The van der Waals surface area contributed by atoms with E-state index >= 15 is 0 Å². The zero-order chi connectivity index (χ0) is 71.0. The van der Waals surface area contributed by atoms with Crippen molar-refractivity contribution in [3.05, 3.63) is 65.7 Å². The van der Waals surface area contributed by atoms with E-state index in [0.29, 0.717) is 74.8 Å². The summed E-state index contributed by atoms with van der Waals surface area (Å²) < 4.78 is 17.8. The highest BCUT2D eigenvalue weighted by Crippen LogP contribution is 2.32. The molecule has 2 unspecified atom stereocenters. The number of rotatable bonds is 40. The lowest BCUT2D eigenvalue weighted by Crippen LogP contribution is -2.55. The van der Waals surface area contributed by atoms with Gasteiger partial charge in [-0.3, -0.25) is 48.1 Å². The highest BCUT2D eigenvalue weighted by atomic mass is 16.6. The molecule has 2 aromatic carbocycles. The van der Waals surface area contributed by atoms with Gasteiger partial charge in [-0.2, -0.15) is 0 Å². The predicted molar refractivity (Wildman–Crippen MR) is 360 cm³/mol. The number of carbonyl (C=O) groups excluding carboxylic acids is 11. The quantitative estimate of drug-likeness (QED) is 0.0275. The Kier molecular flexibility index (Phi) is 32.9. The minimum Gasteiger partial charge on any atom is -0.445 e. The average molecular weight is 1330 g/mol. The highest BCUT2D eigenvalue weighted by Gasteiger charge is 2.44. The molecule has 7 N–H and O–H groups in total. The van der Waals surface area contributed by atoms with Crippen molar-refractivity contribution in [1.82, 2.24) is 35.6 Å². The van der Waals surface area contributed by atoms with Gasteiger partial charge >= 0.3 is 12.1 Å². The number of urea groups is 1. The van der Waals surface area contributed by atoms with Crippen LogP contribution < -0.4 is 27.0 Å². The topological polar surface area (TPSA) is 323 Å². The number of nitrogens with zero attached hydrogens (tertiary/aromatic N) is 4. The Morgan fingerprint density at radius 3 is 1.99 bits per heavy atom. The number of hydrogen-bond acceptors (Lipinski definition) is 15. The summed E-state index contributed by atoms with van der Waals surface area (Å²) in [6.07, 6.45) is 0.842. The first kappa shape index (κ1) is 80.1. The van der Waals surface area contributed by atoms with E-state index in [1.54, 1.807) is 87.9 Å². The van der Waals surface area contributed by atoms with Crippen LogP contribution in [-0.4, -0.2) is 180 Å². The zero-order valence-corrected chi connectivity index (χ0v) is 59.0. The Morgan fingerprint density at radius 1 is 0.758 bits per heavy atom. The third-order valence-electron chi connectivity index (χ3n) is 19.0. The predicted octanol–water partition coefficient (Wildman–Crippen LogP) is 7.73. The van der Waals surface area contributed by atoms with Gasteiger partial charge in [-0.25, -0.2) is 9.59 Å². The first-order valence-corrected chi connectivity index (χ1v) is 34.1. The van der Waals surface area contributed by atoms with Crippen molar-refractivity contribution < 1.29 is 72.1 Å². The number of ether oxygens (including phenoxy) is 3. The number of likely N-dealkylation sites (tertiary alicyclic amines) is 2. The molecular formula is C71H111N9O15. The lowest BCUT2D eigenvalue weighted by Gasteiger charge is -2.41. The first-order chi connectivity index (χ1) is 44.9. The number of hydrogen-bond donors (Lipinski definition) is 6. The van der Waals surface area contributed by atoms with Gasteiger partial charge in [-0.15, -0.1) is 0 Å². The van der Waals surface area contributed by atoms with Gasteiger partial charge in [0.15, 0.2) is 11.6 Å². The Hall–Kier alpha value is -7.31. The summed E-state index contributed by atoms with van der Waals surface area (Å²) in [6, 6.07) is 11.4. The van der Waals surface area contributed by atoms with Crippen molar-refractivity contribution in [2.24, 2.45) is 53.1 Å². The van der Waals surface area contributed by atoms with Crippen molar-refractivity contribution >= 4 is 70.7 Å². The van der Waals surface area contributed by atoms with E-state index in [1.165, 1.54) is 31.1 Å². The van der Waals surface area contributed by atoms with Crippen LogP contribution in [-0.2, 0) is 64.0 Å². The van der Waals surface area contributed by atoms with Crippen molar-refractivity contribution in [1.29, 1.82) is 0 Å². The summed E-state index contributed by atoms with van der Waals surface area (Å²) in [5, 5.41) is 22.1. The van der Waals surface area contributed by atoms with Crippen molar-refractivity contribution in [3.63, 3.8) is 0 Å².